The van der Waals surface area contributed by atoms with Crippen LogP contribution in [0.25, 0.3) is 22.2 Å². The highest BCUT2D eigenvalue weighted by atomic mass is 19.1. The number of hydrogen-bond donors (Lipinski definition) is 2. The lowest BCUT2D eigenvalue weighted by molar-refractivity contribution is 0.625. The molecule has 4 rings (SSSR count). The van der Waals surface area contributed by atoms with Gasteiger partial charge in [0, 0.05) is 42.3 Å². The predicted molar refractivity (Wildman–Crippen MR) is 90.8 cm³/mol. The van der Waals surface area contributed by atoms with Crippen molar-refractivity contribution in [2.45, 2.75) is 6.54 Å². The molecule has 0 fully saturated rings. The van der Waals surface area contributed by atoms with Gasteiger partial charge in [-0.15, -0.1) is 0 Å². The van der Waals surface area contributed by atoms with Crippen LogP contribution >= 0.6 is 0 Å². The Bertz CT molecular complexity index is 981. The molecular weight excluding hydrogens is 305 g/mol. The van der Waals surface area contributed by atoms with Gasteiger partial charge in [-0.3, -0.25) is 9.97 Å². The minimum absolute atomic E-state index is 0.355. The lowest BCUT2D eigenvalue weighted by Crippen LogP contribution is -2.02. The van der Waals surface area contributed by atoms with Gasteiger partial charge in [0.1, 0.15) is 17.3 Å². The van der Waals surface area contributed by atoms with Gasteiger partial charge < -0.3 is 10.3 Å². The fraction of sp³-hybridized carbons (Fsp3) is 0.0556. The number of fused-ring (bicyclic) bond motifs is 1. The summed E-state index contributed by atoms with van der Waals surface area (Å²) in [6.07, 6.45) is 8.10. The van der Waals surface area contributed by atoms with Crippen LogP contribution in [-0.2, 0) is 6.54 Å². The molecule has 0 bridgehead atoms. The monoisotopic (exact) mass is 319 g/mol. The molecule has 0 amide bonds. The molecule has 0 unspecified atom stereocenters. The van der Waals surface area contributed by atoms with Gasteiger partial charge in [0.05, 0.1) is 6.20 Å². The van der Waals surface area contributed by atoms with Crippen LogP contribution in [0, 0.1) is 5.82 Å². The SMILES string of the molecule is Fc1cnccc1-c1cc(NCc2ccncc2)nc2[nH]ccc12. The lowest BCUT2D eigenvalue weighted by Gasteiger charge is -2.10. The smallest absolute Gasteiger partial charge is 0.149 e. The number of hydrogen-bond acceptors (Lipinski definition) is 4. The Labute approximate surface area is 137 Å². The van der Waals surface area contributed by atoms with E-state index in [1.54, 1.807) is 30.9 Å². The van der Waals surface area contributed by atoms with Crippen LogP contribution in [0.5, 0.6) is 0 Å². The van der Waals surface area contributed by atoms with Gasteiger partial charge in [-0.2, -0.15) is 0 Å². The van der Waals surface area contributed by atoms with Crippen LogP contribution in [0.3, 0.4) is 0 Å². The summed E-state index contributed by atoms with van der Waals surface area (Å²) in [7, 11) is 0. The molecule has 118 valence electrons. The third kappa shape index (κ3) is 2.69. The summed E-state index contributed by atoms with van der Waals surface area (Å²) in [5.41, 5.74) is 3.08. The zero-order valence-corrected chi connectivity index (χ0v) is 12.7. The fourth-order valence-corrected chi connectivity index (χ4v) is 2.64. The quantitative estimate of drug-likeness (QED) is 0.601. The van der Waals surface area contributed by atoms with Gasteiger partial charge in [0.15, 0.2) is 0 Å². The molecule has 4 aromatic rings. The second-order valence-corrected chi connectivity index (χ2v) is 5.36. The molecule has 5 nitrogen and oxygen atoms in total. The average molecular weight is 319 g/mol. The maximum absolute atomic E-state index is 14.2. The molecule has 4 aromatic heterocycles. The molecule has 0 radical (unpaired) electrons. The Morgan fingerprint density at radius 1 is 1.00 bits per heavy atom. The summed E-state index contributed by atoms with van der Waals surface area (Å²) in [5, 5.41) is 4.15. The Hall–Kier alpha value is -3.28. The molecule has 0 saturated heterocycles. The minimum atomic E-state index is -0.355. The maximum Gasteiger partial charge on any atom is 0.149 e. The van der Waals surface area contributed by atoms with Gasteiger partial charge in [-0.05, 0) is 41.5 Å². The summed E-state index contributed by atoms with van der Waals surface area (Å²) in [5.74, 6) is 0.319. The Balaban J connectivity index is 1.74. The van der Waals surface area contributed by atoms with E-state index in [-0.39, 0.29) is 5.82 Å². The van der Waals surface area contributed by atoms with E-state index in [1.165, 1.54) is 6.20 Å². The summed E-state index contributed by atoms with van der Waals surface area (Å²) in [4.78, 5) is 15.5. The number of pyridine rings is 3. The molecule has 6 heteroatoms. The van der Waals surface area contributed by atoms with Crippen LogP contribution < -0.4 is 5.32 Å². The Kier molecular flexibility index (Phi) is 3.63. The van der Waals surface area contributed by atoms with Crippen LogP contribution in [0.15, 0.2) is 61.3 Å². The molecule has 0 atom stereocenters. The van der Waals surface area contributed by atoms with E-state index >= 15 is 0 Å². The van der Waals surface area contributed by atoms with Gasteiger partial charge in [-0.25, -0.2) is 9.37 Å². The number of halogens is 1. The van der Waals surface area contributed by atoms with E-state index in [0.29, 0.717) is 23.6 Å². The molecule has 0 spiro atoms. The third-order valence-electron chi connectivity index (χ3n) is 3.81. The highest BCUT2D eigenvalue weighted by Gasteiger charge is 2.12. The van der Waals surface area contributed by atoms with Crippen molar-refractivity contribution in [3.05, 3.63) is 72.7 Å². The topological polar surface area (TPSA) is 66.5 Å². The lowest BCUT2D eigenvalue weighted by atomic mass is 10.0. The first-order valence-electron chi connectivity index (χ1n) is 7.52. The molecule has 24 heavy (non-hydrogen) atoms. The second-order valence-electron chi connectivity index (χ2n) is 5.36. The number of H-pyrrole nitrogens is 1. The van der Waals surface area contributed by atoms with Gasteiger partial charge >= 0.3 is 0 Å². The first kappa shape index (κ1) is 14.3. The van der Waals surface area contributed by atoms with Gasteiger partial charge in [0.25, 0.3) is 0 Å². The molecule has 0 aliphatic rings. The van der Waals surface area contributed by atoms with Crippen LogP contribution in [0.4, 0.5) is 10.2 Å². The third-order valence-corrected chi connectivity index (χ3v) is 3.81. The zero-order chi connectivity index (χ0) is 16.4. The molecule has 0 aliphatic heterocycles. The van der Waals surface area contributed by atoms with Crippen molar-refractivity contribution in [3.8, 4) is 11.1 Å². The molecular formula is C18H14FN5. The van der Waals surface area contributed by atoms with Crippen molar-refractivity contribution in [2.75, 3.05) is 5.32 Å². The molecule has 2 N–H and O–H groups in total. The van der Waals surface area contributed by atoms with E-state index in [9.17, 15) is 4.39 Å². The highest BCUT2D eigenvalue weighted by Crippen LogP contribution is 2.31. The van der Waals surface area contributed by atoms with Crippen molar-refractivity contribution < 1.29 is 4.39 Å². The first-order chi connectivity index (χ1) is 11.8. The van der Waals surface area contributed by atoms with E-state index in [4.69, 9.17) is 0 Å². The molecule has 0 aliphatic carbocycles. The Morgan fingerprint density at radius 3 is 2.67 bits per heavy atom. The number of nitrogens with one attached hydrogen (secondary N) is 2. The van der Waals surface area contributed by atoms with E-state index in [0.717, 1.165) is 16.5 Å². The number of rotatable bonds is 4. The maximum atomic E-state index is 14.2. The largest absolute Gasteiger partial charge is 0.366 e. The van der Waals surface area contributed by atoms with Crippen molar-refractivity contribution in [1.82, 2.24) is 19.9 Å². The van der Waals surface area contributed by atoms with Gasteiger partial charge in [-0.1, -0.05) is 0 Å². The van der Waals surface area contributed by atoms with E-state index in [1.807, 2.05) is 24.3 Å². The summed E-state index contributed by atoms with van der Waals surface area (Å²) in [6, 6.07) is 9.29. The normalized spacial score (nSPS) is 10.9. The first-order valence-corrected chi connectivity index (χ1v) is 7.52. The number of anilines is 1. The van der Waals surface area contributed by atoms with E-state index in [2.05, 4.69) is 25.3 Å². The van der Waals surface area contributed by atoms with Crippen molar-refractivity contribution in [3.63, 3.8) is 0 Å². The highest BCUT2D eigenvalue weighted by molar-refractivity contribution is 5.94. The Morgan fingerprint density at radius 2 is 1.83 bits per heavy atom. The standard InChI is InChI=1S/C18H14FN5/c19-16-11-21-7-3-13(16)15-9-17(24-18-14(15)4-8-22-18)23-10-12-1-5-20-6-2-12/h1-9,11H,10H2,(H2,22,23,24). The van der Waals surface area contributed by atoms with Crippen molar-refractivity contribution >= 4 is 16.9 Å². The minimum Gasteiger partial charge on any atom is -0.366 e. The summed E-state index contributed by atoms with van der Waals surface area (Å²) >= 11 is 0. The second kappa shape index (κ2) is 6.08. The fourth-order valence-electron chi connectivity index (χ4n) is 2.64. The van der Waals surface area contributed by atoms with Gasteiger partial charge in [0.2, 0.25) is 0 Å². The average Bonchev–Trinajstić information content (AvgIpc) is 3.09. The molecule has 0 aromatic carbocycles. The van der Waals surface area contributed by atoms with Crippen molar-refractivity contribution in [2.24, 2.45) is 0 Å². The summed E-state index contributed by atoms with van der Waals surface area (Å²) in [6.45, 7) is 0.611. The van der Waals surface area contributed by atoms with Crippen molar-refractivity contribution in [1.29, 1.82) is 0 Å². The zero-order valence-electron chi connectivity index (χ0n) is 12.7. The number of nitrogens with zero attached hydrogens (tertiary/aromatic N) is 3. The van der Waals surface area contributed by atoms with E-state index < -0.39 is 0 Å². The van der Waals surface area contributed by atoms with Crippen LogP contribution in [-0.4, -0.2) is 19.9 Å². The number of aromatic amines is 1. The molecule has 4 heterocycles. The summed E-state index contributed by atoms with van der Waals surface area (Å²) < 4.78 is 14.2. The van der Waals surface area contributed by atoms with Crippen LogP contribution in [0.2, 0.25) is 0 Å². The molecule has 0 saturated carbocycles. The van der Waals surface area contributed by atoms with Crippen LogP contribution in [0.1, 0.15) is 5.56 Å². The number of aromatic nitrogens is 4. The predicted octanol–water partition coefficient (Wildman–Crippen LogP) is 3.77.